The molecule has 0 amide bonds. The van der Waals surface area contributed by atoms with Crippen molar-refractivity contribution in [1.29, 1.82) is 0 Å². The first-order chi connectivity index (χ1) is 7.67. The van der Waals surface area contributed by atoms with Gasteiger partial charge in [0, 0.05) is 11.7 Å². The van der Waals surface area contributed by atoms with E-state index in [9.17, 15) is 5.11 Å². The molecule has 3 heteroatoms. The average Bonchev–Trinajstić information content (AvgIpc) is 2.24. The van der Waals surface area contributed by atoms with Gasteiger partial charge in [0.05, 0.1) is 5.02 Å². The van der Waals surface area contributed by atoms with Gasteiger partial charge in [-0.2, -0.15) is 0 Å². The SMILES string of the molecule is CCCC(CCC)Nc1ccc(O)c(Cl)c1. The lowest BCUT2D eigenvalue weighted by Crippen LogP contribution is -2.18. The Morgan fingerprint density at radius 3 is 2.38 bits per heavy atom. The van der Waals surface area contributed by atoms with E-state index < -0.39 is 0 Å². The number of nitrogens with one attached hydrogen (secondary N) is 1. The number of rotatable bonds is 6. The Morgan fingerprint density at radius 2 is 1.88 bits per heavy atom. The van der Waals surface area contributed by atoms with Gasteiger partial charge in [0.15, 0.2) is 0 Å². The van der Waals surface area contributed by atoms with Crippen LogP contribution in [0.15, 0.2) is 18.2 Å². The Balaban J connectivity index is 2.65. The van der Waals surface area contributed by atoms with Crippen molar-refractivity contribution in [2.24, 2.45) is 0 Å². The number of hydrogen-bond acceptors (Lipinski definition) is 2. The Kier molecular flexibility index (Phi) is 5.47. The first kappa shape index (κ1) is 13.2. The number of hydrogen-bond donors (Lipinski definition) is 2. The third kappa shape index (κ3) is 3.93. The molecule has 0 bridgehead atoms. The van der Waals surface area contributed by atoms with Crippen LogP contribution in [0.25, 0.3) is 0 Å². The van der Waals surface area contributed by atoms with Crippen molar-refractivity contribution >= 4 is 17.3 Å². The fraction of sp³-hybridized carbons (Fsp3) is 0.538. The second kappa shape index (κ2) is 6.64. The lowest BCUT2D eigenvalue weighted by atomic mass is 10.1. The van der Waals surface area contributed by atoms with Crippen LogP contribution in [0.5, 0.6) is 5.75 Å². The van der Waals surface area contributed by atoms with Crippen molar-refractivity contribution < 1.29 is 5.11 Å². The molecule has 0 aromatic heterocycles. The molecule has 0 unspecified atom stereocenters. The number of aromatic hydroxyl groups is 1. The van der Waals surface area contributed by atoms with Crippen LogP contribution < -0.4 is 5.32 Å². The quantitative estimate of drug-likeness (QED) is 0.723. The van der Waals surface area contributed by atoms with Gasteiger partial charge in [0.25, 0.3) is 0 Å². The highest BCUT2D eigenvalue weighted by molar-refractivity contribution is 6.32. The molecule has 0 aliphatic carbocycles. The largest absolute Gasteiger partial charge is 0.506 e. The predicted molar refractivity (Wildman–Crippen MR) is 70.3 cm³/mol. The highest BCUT2D eigenvalue weighted by Gasteiger charge is 2.07. The highest BCUT2D eigenvalue weighted by Crippen LogP contribution is 2.27. The van der Waals surface area contributed by atoms with E-state index in [2.05, 4.69) is 19.2 Å². The average molecular weight is 242 g/mol. The second-order valence-electron chi connectivity index (χ2n) is 4.08. The maximum absolute atomic E-state index is 9.32. The van der Waals surface area contributed by atoms with E-state index >= 15 is 0 Å². The summed E-state index contributed by atoms with van der Waals surface area (Å²) in [4.78, 5) is 0. The van der Waals surface area contributed by atoms with E-state index in [-0.39, 0.29) is 5.75 Å². The summed E-state index contributed by atoms with van der Waals surface area (Å²) < 4.78 is 0. The minimum atomic E-state index is 0.134. The minimum absolute atomic E-state index is 0.134. The maximum Gasteiger partial charge on any atom is 0.134 e. The molecule has 0 fully saturated rings. The molecule has 0 aliphatic heterocycles. The molecule has 0 heterocycles. The molecular formula is C13H20ClNO. The van der Waals surface area contributed by atoms with Gasteiger partial charge < -0.3 is 10.4 Å². The summed E-state index contributed by atoms with van der Waals surface area (Å²) in [6.07, 6.45) is 4.66. The zero-order valence-corrected chi connectivity index (χ0v) is 10.7. The van der Waals surface area contributed by atoms with E-state index in [1.807, 2.05) is 6.07 Å². The second-order valence-corrected chi connectivity index (χ2v) is 4.49. The van der Waals surface area contributed by atoms with Crippen molar-refractivity contribution in [2.75, 3.05) is 5.32 Å². The van der Waals surface area contributed by atoms with Crippen LogP contribution in [-0.4, -0.2) is 11.1 Å². The van der Waals surface area contributed by atoms with Crippen LogP contribution in [0.1, 0.15) is 39.5 Å². The van der Waals surface area contributed by atoms with Gasteiger partial charge >= 0.3 is 0 Å². The first-order valence-electron chi connectivity index (χ1n) is 5.92. The van der Waals surface area contributed by atoms with Crippen molar-refractivity contribution in [1.82, 2.24) is 0 Å². The van der Waals surface area contributed by atoms with E-state index in [1.54, 1.807) is 12.1 Å². The van der Waals surface area contributed by atoms with Crippen molar-refractivity contribution in [2.45, 2.75) is 45.6 Å². The third-order valence-corrected chi connectivity index (χ3v) is 2.90. The molecule has 0 saturated heterocycles. The molecule has 0 spiro atoms. The van der Waals surface area contributed by atoms with Crippen LogP contribution in [0.2, 0.25) is 5.02 Å². The Hall–Kier alpha value is -0.890. The zero-order chi connectivity index (χ0) is 12.0. The van der Waals surface area contributed by atoms with Crippen LogP contribution in [0, 0.1) is 0 Å². The lowest BCUT2D eigenvalue weighted by Gasteiger charge is -2.18. The van der Waals surface area contributed by atoms with Crippen molar-refractivity contribution in [3.05, 3.63) is 23.2 Å². The van der Waals surface area contributed by atoms with Crippen molar-refractivity contribution in [3.63, 3.8) is 0 Å². The molecule has 16 heavy (non-hydrogen) atoms. The summed E-state index contributed by atoms with van der Waals surface area (Å²) in [6.45, 7) is 4.38. The van der Waals surface area contributed by atoms with Gasteiger partial charge in [-0.15, -0.1) is 0 Å². The van der Waals surface area contributed by atoms with Gasteiger partial charge in [0.2, 0.25) is 0 Å². The summed E-state index contributed by atoms with van der Waals surface area (Å²) in [5.74, 6) is 0.134. The maximum atomic E-state index is 9.32. The van der Waals surface area contributed by atoms with Crippen LogP contribution in [0.4, 0.5) is 5.69 Å². The van der Waals surface area contributed by atoms with Gasteiger partial charge in [-0.25, -0.2) is 0 Å². The standard InChI is InChI=1S/C13H20ClNO/c1-3-5-10(6-4-2)15-11-7-8-13(16)12(14)9-11/h7-10,15-16H,3-6H2,1-2H3. The Bertz CT molecular complexity index is 322. The van der Waals surface area contributed by atoms with E-state index in [1.165, 1.54) is 12.8 Å². The Labute approximate surface area is 103 Å². The van der Waals surface area contributed by atoms with Gasteiger partial charge in [-0.05, 0) is 31.0 Å². The molecule has 0 radical (unpaired) electrons. The lowest BCUT2D eigenvalue weighted by molar-refractivity contribution is 0.475. The number of halogens is 1. The first-order valence-corrected chi connectivity index (χ1v) is 6.30. The third-order valence-electron chi connectivity index (χ3n) is 2.59. The van der Waals surface area contributed by atoms with Crippen LogP contribution in [-0.2, 0) is 0 Å². The summed E-state index contributed by atoms with van der Waals surface area (Å²) in [5.41, 5.74) is 0.981. The summed E-state index contributed by atoms with van der Waals surface area (Å²) in [5, 5.41) is 13.2. The number of phenolic OH excluding ortho intramolecular Hbond substituents is 1. The van der Waals surface area contributed by atoms with Gasteiger partial charge in [-0.1, -0.05) is 38.3 Å². The molecule has 1 aromatic rings. The molecule has 2 nitrogen and oxygen atoms in total. The van der Waals surface area contributed by atoms with Crippen LogP contribution >= 0.6 is 11.6 Å². The fourth-order valence-corrected chi connectivity index (χ4v) is 2.00. The molecule has 0 aliphatic rings. The van der Waals surface area contributed by atoms with Gasteiger partial charge in [-0.3, -0.25) is 0 Å². The predicted octanol–water partition coefficient (Wildman–Crippen LogP) is 4.43. The van der Waals surface area contributed by atoms with Crippen LogP contribution in [0.3, 0.4) is 0 Å². The van der Waals surface area contributed by atoms with E-state index in [0.29, 0.717) is 11.1 Å². The van der Waals surface area contributed by atoms with E-state index in [0.717, 1.165) is 18.5 Å². The monoisotopic (exact) mass is 241 g/mol. The molecule has 90 valence electrons. The highest BCUT2D eigenvalue weighted by atomic mass is 35.5. The summed E-state index contributed by atoms with van der Waals surface area (Å²) in [7, 11) is 0. The molecular weight excluding hydrogens is 222 g/mol. The number of benzene rings is 1. The van der Waals surface area contributed by atoms with E-state index in [4.69, 9.17) is 11.6 Å². The molecule has 1 aromatic carbocycles. The molecule has 1 rings (SSSR count). The number of phenols is 1. The van der Waals surface area contributed by atoms with Gasteiger partial charge in [0.1, 0.15) is 5.75 Å². The summed E-state index contributed by atoms with van der Waals surface area (Å²) >= 11 is 5.86. The summed E-state index contributed by atoms with van der Waals surface area (Å²) in [6, 6.07) is 5.75. The normalized spacial score (nSPS) is 10.8. The zero-order valence-electron chi connectivity index (χ0n) is 9.96. The fourth-order valence-electron chi connectivity index (χ4n) is 1.82. The topological polar surface area (TPSA) is 32.3 Å². The molecule has 0 atom stereocenters. The minimum Gasteiger partial charge on any atom is -0.506 e. The smallest absolute Gasteiger partial charge is 0.134 e. The molecule has 2 N–H and O–H groups in total. The number of anilines is 1. The van der Waals surface area contributed by atoms with Crippen molar-refractivity contribution in [3.8, 4) is 5.75 Å². The molecule has 0 saturated carbocycles. The Morgan fingerprint density at radius 1 is 1.25 bits per heavy atom.